The molecule has 0 aliphatic heterocycles. The lowest BCUT2D eigenvalue weighted by Crippen LogP contribution is -1.98. The molecule has 0 aliphatic rings. The normalized spacial score (nSPS) is 10.5. The van der Waals surface area contributed by atoms with Crippen molar-refractivity contribution in [2.75, 3.05) is 6.61 Å². The lowest BCUT2D eigenvalue weighted by molar-refractivity contribution is -0.137. The highest BCUT2D eigenvalue weighted by atomic mass is 19.1. The maximum Gasteiger partial charge on any atom is 0.330 e. The first kappa shape index (κ1) is 11.2. The highest BCUT2D eigenvalue weighted by Crippen LogP contribution is 2.20. The molecule has 0 saturated carbocycles. The maximum atomic E-state index is 13.1. The zero-order valence-electron chi connectivity index (χ0n) is 8.24. The van der Waals surface area contributed by atoms with Crippen LogP contribution in [0.2, 0.25) is 0 Å². The number of phenolic OH excluding ortho intramolecular Hbond substituents is 1. The van der Waals surface area contributed by atoms with Crippen molar-refractivity contribution in [3.63, 3.8) is 0 Å². The van der Waals surface area contributed by atoms with Crippen LogP contribution < -0.4 is 0 Å². The van der Waals surface area contributed by atoms with Crippen LogP contribution >= 0.6 is 0 Å². The van der Waals surface area contributed by atoms with Crippen LogP contribution in [0.1, 0.15) is 12.5 Å². The molecule has 1 aromatic carbocycles. The Morgan fingerprint density at radius 2 is 2.33 bits per heavy atom. The van der Waals surface area contributed by atoms with Gasteiger partial charge in [-0.1, -0.05) is 6.07 Å². The number of phenols is 1. The zero-order valence-corrected chi connectivity index (χ0v) is 8.24. The van der Waals surface area contributed by atoms with Crippen molar-refractivity contribution >= 4 is 12.0 Å². The first-order valence-electron chi connectivity index (χ1n) is 4.47. The minimum Gasteiger partial charge on any atom is -0.507 e. The van der Waals surface area contributed by atoms with Crippen LogP contribution in [0.15, 0.2) is 24.3 Å². The number of halogens is 1. The van der Waals surface area contributed by atoms with E-state index in [1.54, 1.807) is 6.92 Å². The molecular weight excluding hydrogens is 199 g/mol. The van der Waals surface area contributed by atoms with Crippen molar-refractivity contribution in [1.29, 1.82) is 0 Å². The topological polar surface area (TPSA) is 46.5 Å². The van der Waals surface area contributed by atoms with Crippen molar-refractivity contribution in [1.82, 2.24) is 0 Å². The number of hydrogen-bond acceptors (Lipinski definition) is 3. The van der Waals surface area contributed by atoms with E-state index in [0.717, 1.165) is 6.08 Å². The summed E-state index contributed by atoms with van der Waals surface area (Å²) in [5.41, 5.74) is -0.0226. The second-order valence-corrected chi connectivity index (χ2v) is 2.76. The number of benzene rings is 1. The van der Waals surface area contributed by atoms with E-state index in [2.05, 4.69) is 4.74 Å². The van der Waals surface area contributed by atoms with Gasteiger partial charge in [-0.25, -0.2) is 9.18 Å². The van der Waals surface area contributed by atoms with Crippen LogP contribution in [-0.2, 0) is 9.53 Å². The quantitative estimate of drug-likeness (QED) is 0.614. The molecule has 1 aromatic rings. The minimum atomic E-state index is -0.587. The maximum absolute atomic E-state index is 13.1. The van der Waals surface area contributed by atoms with Gasteiger partial charge in [-0.15, -0.1) is 0 Å². The fourth-order valence-corrected chi connectivity index (χ4v) is 1.03. The molecule has 0 amide bonds. The molecule has 80 valence electrons. The largest absolute Gasteiger partial charge is 0.507 e. The van der Waals surface area contributed by atoms with Crippen LogP contribution in [-0.4, -0.2) is 17.7 Å². The third kappa shape index (κ3) is 3.09. The molecule has 0 fully saturated rings. The van der Waals surface area contributed by atoms with Gasteiger partial charge in [0.2, 0.25) is 0 Å². The summed E-state index contributed by atoms with van der Waals surface area (Å²) in [6, 6.07) is 3.92. The number of carbonyl (C=O) groups is 1. The summed E-state index contributed by atoms with van der Waals surface area (Å²) in [5, 5.41) is 9.29. The molecule has 1 N–H and O–H groups in total. The predicted molar refractivity (Wildman–Crippen MR) is 53.7 cm³/mol. The first-order valence-corrected chi connectivity index (χ1v) is 4.47. The molecule has 4 heteroatoms. The summed E-state index contributed by atoms with van der Waals surface area (Å²) in [6.07, 6.45) is 2.25. The predicted octanol–water partition coefficient (Wildman–Crippen LogP) is 2.11. The summed E-state index contributed by atoms with van der Waals surface area (Å²) < 4.78 is 17.7. The van der Waals surface area contributed by atoms with Crippen LogP contribution in [0.5, 0.6) is 5.75 Å². The highest BCUT2D eigenvalue weighted by Gasteiger charge is 2.04. The Balaban J connectivity index is 2.84. The van der Waals surface area contributed by atoms with E-state index in [9.17, 15) is 14.3 Å². The lowest BCUT2D eigenvalue weighted by Gasteiger charge is -2.00. The molecule has 0 atom stereocenters. The second-order valence-electron chi connectivity index (χ2n) is 2.76. The van der Waals surface area contributed by atoms with Gasteiger partial charge in [0.1, 0.15) is 11.6 Å². The van der Waals surface area contributed by atoms with Crippen molar-refractivity contribution in [3.8, 4) is 5.75 Å². The van der Waals surface area contributed by atoms with E-state index in [0.29, 0.717) is 0 Å². The number of hydrogen-bond donors (Lipinski definition) is 1. The van der Waals surface area contributed by atoms with Gasteiger partial charge >= 0.3 is 5.97 Å². The number of carbonyl (C=O) groups excluding carboxylic acids is 1. The molecule has 0 aromatic heterocycles. The number of aromatic hydroxyl groups is 1. The Morgan fingerprint density at radius 3 is 2.93 bits per heavy atom. The first-order chi connectivity index (χ1) is 7.15. The van der Waals surface area contributed by atoms with Crippen molar-refractivity contribution < 1.29 is 19.0 Å². The van der Waals surface area contributed by atoms with Gasteiger partial charge in [-0.2, -0.15) is 0 Å². The van der Waals surface area contributed by atoms with E-state index in [-0.39, 0.29) is 17.9 Å². The van der Waals surface area contributed by atoms with Crippen molar-refractivity contribution in [3.05, 3.63) is 35.7 Å². The molecule has 1 rings (SSSR count). The fraction of sp³-hybridized carbons (Fsp3) is 0.182. The summed E-state index contributed by atoms with van der Waals surface area (Å²) in [5.74, 6) is -1.37. The Hall–Kier alpha value is -1.84. The Morgan fingerprint density at radius 1 is 1.60 bits per heavy atom. The van der Waals surface area contributed by atoms with Crippen LogP contribution in [0.25, 0.3) is 6.08 Å². The van der Waals surface area contributed by atoms with E-state index < -0.39 is 11.8 Å². The summed E-state index contributed by atoms with van der Waals surface area (Å²) in [4.78, 5) is 10.9. The fourth-order valence-electron chi connectivity index (χ4n) is 1.03. The van der Waals surface area contributed by atoms with Gasteiger partial charge in [0.15, 0.2) is 0 Å². The molecular formula is C11H11FO3. The van der Waals surface area contributed by atoms with Crippen LogP contribution in [0.3, 0.4) is 0 Å². The van der Waals surface area contributed by atoms with Gasteiger partial charge in [-0.05, 0) is 25.1 Å². The zero-order chi connectivity index (χ0) is 11.3. The van der Waals surface area contributed by atoms with Gasteiger partial charge in [0.05, 0.1) is 12.2 Å². The Kier molecular flexibility index (Phi) is 3.85. The van der Waals surface area contributed by atoms with Crippen molar-refractivity contribution in [2.24, 2.45) is 0 Å². The van der Waals surface area contributed by atoms with E-state index in [1.807, 2.05) is 0 Å². The average Bonchev–Trinajstić information content (AvgIpc) is 2.17. The van der Waals surface area contributed by atoms with Gasteiger partial charge in [0, 0.05) is 6.08 Å². The standard InChI is InChI=1S/C11H11FO3/c1-2-15-11(14)7-6-8-9(12)4-3-5-10(8)13/h3-7,13H,2H2,1H3. The summed E-state index contributed by atoms with van der Waals surface area (Å²) in [6.45, 7) is 1.93. The molecule has 3 nitrogen and oxygen atoms in total. The molecule has 15 heavy (non-hydrogen) atoms. The van der Waals surface area contributed by atoms with Gasteiger partial charge < -0.3 is 9.84 Å². The molecule has 0 saturated heterocycles. The van der Waals surface area contributed by atoms with E-state index >= 15 is 0 Å². The van der Waals surface area contributed by atoms with Gasteiger partial charge in [-0.3, -0.25) is 0 Å². The van der Waals surface area contributed by atoms with E-state index in [4.69, 9.17) is 0 Å². The number of rotatable bonds is 3. The van der Waals surface area contributed by atoms with Crippen LogP contribution in [0, 0.1) is 5.82 Å². The SMILES string of the molecule is CCOC(=O)C=Cc1c(O)cccc1F. The molecule has 0 spiro atoms. The minimum absolute atomic E-state index is 0.0226. The molecule has 0 bridgehead atoms. The highest BCUT2D eigenvalue weighted by molar-refractivity contribution is 5.87. The Bertz CT molecular complexity index is 365. The molecule has 0 heterocycles. The number of ether oxygens (including phenoxy) is 1. The average molecular weight is 210 g/mol. The van der Waals surface area contributed by atoms with Gasteiger partial charge in [0.25, 0.3) is 0 Å². The summed E-state index contributed by atoms with van der Waals surface area (Å²) in [7, 11) is 0. The third-order valence-electron chi connectivity index (χ3n) is 1.70. The molecule has 0 aliphatic carbocycles. The van der Waals surface area contributed by atoms with E-state index in [1.165, 1.54) is 24.3 Å². The monoisotopic (exact) mass is 210 g/mol. The van der Waals surface area contributed by atoms with Crippen LogP contribution in [0.4, 0.5) is 4.39 Å². The lowest BCUT2D eigenvalue weighted by atomic mass is 10.2. The summed E-state index contributed by atoms with van der Waals surface area (Å²) >= 11 is 0. The molecule has 0 radical (unpaired) electrons. The second kappa shape index (κ2) is 5.14. The smallest absolute Gasteiger partial charge is 0.330 e. The number of esters is 1. The molecule has 0 unspecified atom stereocenters. The van der Waals surface area contributed by atoms with Crippen molar-refractivity contribution in [2.45, 2.75) is 6.92 Å². The third-order valence-corrected chi connectivity index (χ3v) is 1.70. The Labute approximate surface area is 86.8 Å².